The summed E-state index contributed by atoms with van der Waals surface area (Å²) in [5, 5.41) is 10.0. The third-order valence-corrected chi connectivity index (χ3v) is 5.44. The van der Waals surface area contributed by atoms with Gasteiger partial charge in [-0.05, 0) is 17.2 Å². The van der Waals surface area contributed by atoms with Crippen LogP contribution in [0.15, 0.2) is 54.9 Å². The van der Waals surface area contributed by atoms with Crippen molar-refractivity contribution in [3.05, 3.63) is 66.0 Å². The molecule has 0 radical (unpaired) electrons. The van der Waals surface area contributed by atoms with E-state index in [0.29, 0.717) is 6.54 Å². The summed E-state index contributed by atoms with van der Waals surface area (Å²) in [6.07, 6.45) is 3.54. The van der Waals surface area contributed by atoms with E-state index in [4.69, 9.17) is 4.74 Å². The number of methoxy groups -OCH3 is 1. The molecular weight excluding hydrogens is 370 g/mol. The van der Waals surface area contributed by atoms with E-state index in [2.05, 4.69) is 4.98 Å². The highest BCUT2D eigenvalue weighted by Crippen LogP contribution is 2.41. The molecule has 7 nitrogen and oxygen atoms in total. The van der Waals surface area contributed by atoms with E-state index in [1.54, 1.807) is 35.3 Å². The summed E-state index contributed by atoms with van der Waals surface area (Å²) >= 11 is 0. The third kappa shape index (κ3) is 4.63. The molecule has 1 aliphatic rings. The van der Waals surface area contributed by atoms with Gasteiger partial charge in [0.25, 0.3) is 0 Å². The van der Waals surface area contributed by atoms with Crippen molar-refractivity contribution in [3.63, 3.8) is 0 Å². The lowest BCUT2D eigenvalue weighted by atomic mass is 9.74. The lowest BCUT2D eigenvalue weighted by Crippen LogP contribution is -2.69. The first kappa shape index (κ1) is 21.0. The number of likely N-dealkylation sites (tertiary alicyclic amines) is 1. The number of carbonyl (C=O) groups excluding carboxylic acids is 2. The maximum Gasteiger partial charge on any atom is 0.248 e. The number of amides is 2. The smallest absolute Gasteiger partial charge is 0.248 e. The number of hydrogen-bond donors (Lipinski definition) is 1. The minimum absolute atomic E-state index is 0.00766. The van der Waals surface area contributed by atoms with Crippen molar-refractivity contribution in [2.24, 2.45) is 0 Å². The average molecular weight is 397 g/mol. The zero-order chi connectivity index (χ0) is 20.8. The van der Waals surface area contributed by atoms with E-state index in [-0.39, 0.29) is 49.5 Å². The molecule has 2 aromatic rings. The second-order valence-electron chi connectivity index (χ2n) is 7.30. The summed E-state index contributed by atoms with van der Waals surface area (Å²) < 4.78 is 4.95. The maximum absolute atomic E-state index is 13.1. The largest absolute Gasteiger partial charge is 0.394 e. The minimum Gasteiger partial charge on any atom is -0.394 e. The van der Waals surface area contributed by atoms with Gasteiger partial charge in [0.1, 0.15) is 6.61 Å². The van der Waals surface area contributed by atoms with E-state index in [9.17, 15) is 14.7 Å². The van der Waals surface area contributed by atoms with Crippen molar-refractivity contribution in [1.82, 2.24) is 14.8 Å². The molecule has 7 heteroatoms. The fourth-order valence-electron chi connectivity index (χ4n) is 4.02. The lowest BCUT2D eigenvalue weighted by Gasteiger charge is -2.56. The molecule has 29 heavy (non-hydrogen) atoms. The van der Waals surface area contributed by atoms with E-state index in [1.165, 1.54) is 7.11 Å². The van der Waals surface area contributed by atoms with Gasteiger partial charge in [-0.2, -0.15) is 0 Å². The Hall–Kier alpha value is -2.77. The number of rotatable bonds is 8. The number of likely N-dealkylation sites (N-methyl/N-ethyl adjacent to an activating group) is 1. The van der Waals surface area contributed by atoms with E-state index < -0.39 is 0 Å². The summed E-state index contributed by atoms with van der Waals surface area (Å²) in [6.45, 7) is 0.230. The Balaban J connectivity index is 1.83. The van der Waals surface area contributed by atoms with Gasteiger partial charge < -0.3 is 19.6 Å². The van der Waals surface area contributed by atoms with Crippen LogP contribution in [-0.4, -0.2) is 77.7 Å². The average Bonchev–Trinajstić information content (AvgIpc) is 2.72. The Bertz CT molecular complexity index is 815. The number of carbonyl (C=O) groups is 2. The number of nitrogens with zero attached hydrogens (tertiary/aromatic N) is 3. The third-order valence-electron chi connectivity index (χ3n) is 5.44. The Morgan fingerprint density at radius 2 is 1.93 bits per heavy atom. The molecule has 0 aliphatic carbocycles. The van der Waals surface area contributed by atoms with Crippen LogP contribution in [0.3, 0.4) is 0 Å². The quantitative estimate of drug-likeness (QED) is 0.721. The van der Waals surface area contributed by atoms with E-state index in [0.717, 1.165) is 11.1 Å². The van der Waals surface area contributed by atoms with Crippen molar-refractivity contribution >= 4 is 11.8 Å². The van der Waals surface area contributed by atoms with Gasteiger partial charge in [-0.1, -0.05) is 36.4 Å². The highest BCUT2D eigenvalue weighted by Gasteiger charge is 2.51. The highest BCUT2D eigenvalue weighted by atomic mass is 16.5. The van der Waals surface area contributed by atoms with Gasteiger partial charge in [-0.15, -0.1) is 0 Å². The second kappa shape index (κ2) is 9.62. The summed E-state index contributed by atoms with van der Waals surface area (Å²) in [6, 6.07) is 12.9. The predicted octanol–water partition coefficient (Wildman–Crippen LogP) is 1.08. The molecule has 0 bridgehead atoms. The summed E-state index contributed by atoms with van der Waals surface area (Å²) in [5.41, 5.74) is 1.87. The number of aromatic nitrogens is 1. The van der Waals surface area contributed by atoms with Crippen molar-refractivity contribution < 1.29 is 19.4 Å². The van der Waals surface area contributed by atoms with Crippen molar-refractivity contribution in [3.8, 4) is 0 Å². The SMILES string of the molecule is COCC(=O)N(C)C[C@@H]1[C@@H](c2ccccc2)[C@H](CO)N1C(=O)Cc1cccnc1. The first-order valence-corrected chi connectivity index (χ1v) is 9.65. The molecular formula is C22H27N3O4. The molecule has 2 heterocycles. The van der Waals surface area contributed by atoms with E-state index >= 15 is 0 Å². The molecule has 1 saturated heterocycles. The molecule has 3 atom stereocenters. The van der Waals surface area contributed by atoms with Crippen molar-refractivity contribution in [1.29, 1.82) is 0 Å². The van der Waals surface area contributed by atoms with Crippen LogP contribution < -0.4 is 0 Å². The molecule has 1 aromatic heterocycles. The van der Waals surface area contributed by atoms with Gasteiger partial charge >= 0.3 is 0 Å². The Kier molecular flexibility index (Phi) is 6.95. The monoisotopic (exact) mass is 397 g/mol. The zero-order valence-electron chi connectivity index (χ0n) is 16.8. The Morgan fingerprint density at radius 1 is 1.17 bits per heavy atom. The number of aliphatic hydroxyl groups is 1. The number of hydrogen-bond acceptors (Lipinski definition) is 5. The second-order valence-corrected chi connectivity index (χ2v) is 7.30. The van der Waals surface area contributed by atoms with Crippen molar-refractivity contribution in [2.75, 3.05) is 33.9 Å². The molecule has 2 amide bonds. The Labute approximate surface area is 170 Å². The van der Waals surface area contributed by atoms with Crippen LogP contribution in [-0.2, 0) is 20.7 Å². The number of pyridine rings is 1. The Morgan fingerprint density at radius 3 is 2.55 bits per heavy atom. The molecule has 0 unspecified atom stereocenters. The highest BCUT2D eigenvalue weighted by molar-refractivity contribution is 5.81. The summed E-state index contributed by atoms with van der Waals surface area (Å²) in [4.78, 5) is 32.7. The molecule has 1 aromatic carbocycles. The molecule has 1 fully saturated rings. The van der Waals surface area contributed by atoms with Crippen LogP contribution in [0.4, 0.5) is 0 Å². The van der Waals surface area contributed by atoms with E-state index in [1.807, 2.05) is 36.4 Å². The van der Waals surface area contributed by atoms with Gasteiger partial charge in [0.05, 0.1) is 25.1 Å². The van der Waals surface area contributed by atoms with Crippen LogP contribution in [0.1, 0.15) is 17.0 Å². The summed E-state index contributed by atoms with van der Waals surface area (Å²) in [5.74, 6) is -0.273. The van der Waals surface area contributed by atoms with Crippen LogP contribution in [0, 0.1) is 0 Å². The maximum atomic E-state index is 13.1. The molecule has 0 spiro atoms. The van der Waals surface area contributed by atoms with Crippen LogP contribution in [0.5, 0.6) is 0 Å². The lowest BCUT2D eigenvalue weighted by molar-refractivity contribution is -0.154. The first-order valence-electron chi connectivity index (χ1n) is 9.65. The van der Waals surface area contributed by atoms with Gasteiger partial charge in [0.15, 0.2) is 0 Å². The van der Waals surface area contributed by atoms with Crippen molar-refractivity contribution in [2.45, 2.75) is 24.4 Å². The zero-order valence-corrected chi connectivity index (χ0v) is 16.8. The van der Waals surface area contributed by atoms with Crippen LogP contribution >= 0.6 is 0 Å². The van der Waals surface area contributed by atoms with Crippen LogP contribution in [0.25, 0.3) is 0 Å². The fraction of sp³-hybridized carbons (Fsp3) is 0.409. The van der Waals surface area contributed by atoms with Crippen LogP contribution in [0.2, 0.25) is 0 Å². The molecule has 1 N–H and O–H groups in total. The number of aliphatic hydroxyl groups excluding tert-OH is 1. The van der Waals surface area contributed by atoms with Gasteiger partial charge in [0.2, 0.25) is 11.8 Å². The fourth-order valence-corrected chi connectivity index (χ4v) is 4.02. The molecule has 1 aliphatic heterocycles. The first-order chi connectivity index (χ1) is 14.1. The number of benzene rings is 1. The summed E-state index contributed by atoms with van der Waals surface area (Å²) in [7, 11) is 3.19. The predicted molar refractivity (Wildman–Crippen MR) is 108 cm³/mol. The molecule has 154 valence electrons. The van der Waals surface area contributed by atoms with Gasteiger partial charge in [-0.3, -0.25) is 14.6 Å². The number of ether oxygens (including phenoxy) is 1. The molecule has 3 rings (SSSR count). The molecule has 0 saturated carbocycles. The van der Waals surface area contributed by atoms with Gasteiger partial charge in [0, 0.05) is 39.0 Å². The van der Waals surface area contributed by atoms with Gasteiger partial charge in [-0.25, -0.2) is 0 Å². The standard InChI is InChI=1S/C22H27N3O4/c1-24(21(28)15-29-2)13-18-22(17-8-4-3-5-9-17)19(14-26)25(18)20(27)11-16-7-6-10-23-12-16/h3-10,12,18-19,22,26H,11,13-15H2,1-2H3/t18-,19+,22-/m1/s1. The topological polar surface area (TPSA) is 83.0 Å². The normalized spacial score (nSPS) is 20.8. The minimum atomic E-state index is -0.322.